The lowest BCUT2D eigenvalue weighted by molar-refractivity contribution is -0.122. The zero-order valence-electron chi connectivity index (χ0n) is 14.5. The molecule has 136 valence electrons. The van der Waals surface area contributed by atoms with Crippen molar-refractivity contribution in [2.75, 3.05) is 33.5 Å². The Labute approximate surface area is 149 Å². The highest BCUT2D eigenvalue weighted by molar-refractivity contribution is 5.85. The molecule has 1 amide bonds. The number of morpholine rings is 1. The average molecular weight is 359 g/mol. The third-order valence-electron chi connectivity index (χ3n) is 3.80. The molecule has 1 fully saturated rings. The molecule has 24 heavy (non-hydrogen) atoms. The topological polar surface area (TPSA) is 68.8 Å². The van der Waals surface area contributed by atoms with E-state index in [2.05, 4.69) is 10.6 Å². The zero-order valence-corrected chi connectivity index (χ0v) is 15.3. The maximum Gasteiger partial charge on any atom is 0.222 e. The molecule has 0 aliphatic carbocycles. The van der Waals surface area contributed by atoms with Crippen LogP contribution in [0.1, 0.15) is 31.9 Å². The van der Waals surface area contributed by atoms with Crippen LogP contribution in [0.4, 0.5) is 0 Å². The summed E-state index contributed by atoms with van der Waals surface area (Å²) in [4.78, 5) is 12.2. The van der Waals surface area contributed by atoms with E-state index in [9.17, 15) is 4.79 Å². The summed E-state index contributed by atoms with van der Waals surface area (Å²) >= 11 is 0. The lowest BCUT2D eigenvalue weighted by Crippen LogP contribution is -2.44. The summed E-state index contributed by atoms with van der Waals surface area (Å²) < 4.78 is 16.2. The normalized spacial score (nSPS) is 18.2. The summed E-state index contributed by atoms with van der Waals surface area (Å²) in [5.41, 5.74) is 0.978. The van der Waals surface area contributed by atoms with Gasteiger partial charge in [0.1, 0.15) is 0 Å². The van der Waals surface area contributed by atoms with Gasteiger partial charge in [-0.1, -0.05) is 6.07 Å². The van der Waals surface area contributed by atoms with Crippen LogP contribution in [0.25, 0.3) is 0 Å². The van der Waals surface area contributed by atoms with Crippen LogP contribution in [-0.4, -0.2) is 45.4 Å². The number of methoxy groups -OCH3 is 1. The van der Waals surface area contributed by atoms with Crippen LogP contribution in [-0.2, 0) is 9.53 Å². The summed E-state index contributed by atoms with van der Waals surface area (Å²) in [6.45, 7) is 6.55. The number of ether oxygens (including phenoxy) is 3. The van der Waals surface area contributed by atoms with Crippen molar-refractivity contribution in [2.45, 2.75) is 32.4 Å². The molecule has 2 rings (SSSR count). The van der Waals surface area contributed by atoms with Gasteiger partial charge in [0.05, 0.1) is 33.0 Å². The zero-order chi connectivity index (χ0) is 16.7. The van der Waals surface area contributed by atoms with E-state index in [1.54, 1.807) is 7.11 Å². The number of hydrogen-bond acceptors (Lipinski definition) is 5. The van der Waals surface area contributed by atoms with Crippen molar-refractivity contribution in [1.82, 2.24) is 10.6 Å². The fraction of sp³-hybridized carbons (Fsp3) is 0.588. The molecule has 6 nitrogen and oxygen atoms in total. The molecule has 0 saturated carbocycles. The second kappa shape index (κ2) is 10.4. The predicted octanol–water partition coefficient (Wildman–Crippen LogP) is 2.07. The van der Waals surface area contributed by atoms with Crippen LogP contribution in [0.15, 0.2) is 18.2 Å². The maximum absolute atomic E-state index is 12.2. The molecule has 0 bridgehead atoms. The lowest BCUT2D eigenvalue weighted by atomic mass is 10.1. The number of halogens is 1. The minimum atomic E-state index is -0.100. The monoisotopic (exact) mass is 358 g/mol. The third kappa shape index (κ3) is 5.85. The Balaban J connectivity index is 0.00000288. The van der Waals surface area contributed by atoms with Crippen molar-refractivity contribution in [3.8, 4) is 11.5 Å². The van der Waals surface area contributed by atoms with Gasteiger partial charge in [-0.2, -0.15) is 0 Å². The second-order valence-electron chi connectivity index (χ2n) is 5.56. The second-order valence-corrected chi connectivity index (χ2v) is 5.56. The highest BCUT2D eigenvalue weighted by Crippen LogP contribution is 2.30. The van der Waals surface area contributed by atoms with Gasteiger partial charge < -0.3 is 24.8 Å². The number of nitrogens with one attached hydrogen (secondary N) is 2. The van der Waals surface area contributed by atoms with Crippen molar-refractivity contribution in [1.29, 1.82) is 0 Å². The fourth-order valence-corrected chi connectivity index (χ4v) is 2.59. The Hall–Kier alpha value is -1.50. The van der Waals surface area contributed by atoms with E-state index >= 15 is 0 Å². The van der Waals surface area contributed by atoms with E-state index in [0.29, 0.717) is 37.7 Å². The van der Waals surface area contributed by atoms with Gasteiger partial charge in [-0.3, -0.25) is 4.79 Å². The predicted molar refractivity (Wildman–Crippen MR) is 95.2 cm³/mol. The molecule has 0 spiro atoms. The van der Waals surface area contributed by atoms with Gasteiger partial charge in [-0.15, -0.1) is 12.4 Å². The highest BCUT2D eigenvalue weighted by Gasteiger charge is 2.19. The highest BCUT2D eigenvalue weighted by atomic mass is 35.5. The fourth-order valence-electron chi connectivity index (χ4n) is 2.59. The first kappa shape index (κ1) is 20.5. The van der Waals surface area contributed by atoms with E-state index in [1.807, 2.05) is 32.0 Å². The van der Waals surface area contributed by atoms with Gasteiger partial charge in [0, 0.05) is 19.0 Å². The quantitative estimate of drug-likeness (QED) is 0.781. The maximum atomic E-state index is 12.2. The number of carbonyl (C=O) groups is 1. The molecule has 0 aromatic heterocycles. The van der Waals surface area contributed by atoms with E-state index in [0.717, 1.165) is 12.1 Å². The van der Waals surface area contributed by atoms with E-state index < -0.39 is 0 Å². The lowest BCUT2D eigenvalue weighted by Gasteiger charge is -2.24. The standard InChI is InChI=1S/C17H26N2O4.ClH/c1-4-23-15-6-5-13(9-16(15)21-3)12(2)19-17(20)10-14-11-22-8-7-18-14;/h5-6,9,12,14,18H,4,7-8,10-11H2,1-3H3,(H,19,20);1H. The van der Waals surface area contributed by atoms with Gasteiger partial charge in [0.25, 0.3) is 0 Å². The molecule has 1 aliphatic heterocycles. The molecule has 1 heterocycles. The smallest absolute Gasteiger partial charge is 0.222 e. The number of rotatable bonds is 7. The van der Waals surface area contributed by atoms with Crippen molar-refractivity contribution in [3.63, 3.8) is 0 Å². The summed E-state index contributed by atoms with van der Waals surface area (Å²) in [6.07, 6.45) is 0.415. The Kier molecular flexibility index (Phi) is 8.89. The number of benzene rings is 1. The Morgan fingerprint density at radius 1 is 1.46 bits per heavy atom. The molecule has 0 radical (unpaired) electrons. The molecule has 1 aliphatic rings. The molecular weight excluding hydrogens is 332 g/mol. The third-order valence-corrected chi connectivity index (χ3v) is 3.80. The first-order valence-corrected chi connectivity index (χ1v) is 8.05. The van der Waals surface area contributed by atoms with Gasteiger partial charge in [0.15, 0.2) is 11.5 Å². The summed E-state index contributed by atoms with van der Waals surface area (Å²) in [6, 6.07) is 5.71. The van der Waals surface area contributed by atoms with Crippen LogP contribution in [0.5, 0.6) is 11.5 Å². The van der Waals surface area contributed by atoms with Crippen molar-refractivity contribution in [2.24, 2.45) is 0 Å². The minimum absolute atomic E-state index is 0. The summed E-state index contributed by atoms with van der Waals surface area (Å²) in [7, 11) is 1.61. The van der Waals surface area contributed by atoms with Gasteiger partial charge in [-0.05, 0) is 31.5 Å². The first-order valence-electron chi connectivity index (χ1n) is 8.05. The number of carbonyl (C=O) groups excluding carboxylic acids is 1. The molecule has 1 aromatic carbocycles. The van der Waals surface area contributed by atoms with E-state index in [1.165, 1.54) is 0 Å². The Morgan fingerprint density at radius 2 is 2.25 bits per heavy atom. The summed E-state index contributed by atoms with van der Waals surface area (Å²) in [5.74, 6) is 1.39. The van der Waals surface area contributed by atoms with Crippen LogP contribution >= 0.6 is 12.4 Å². The number of hydrogen-bond donors (Lipinski definition) is 2. The Morgan fingerprint density at radius 3 is 2.88 bits per heavy atom. The number of amides is 1. The molecule has 2 N–H and O–H groups in total. The Bertz CT molecular complexity index is 521. The van der Waals surface area contributed by atoms with Gasteiger partial charge >= 0.3 is 0 Å². The van der Waals surface area contributed by atoms with Crippen LogP contribution in [0.3, 0.4) is 0 Å². The van der Waals surface area contributed by atoms with Crippen molar-refractivity contribution >= 4 is 18.3 Å². The van der Waals surface area contributed by atoms with Gasteiger partial charge in [0.2, 0.25) is 5.91 Å². The molecule has 2 atom stereocenters. The SMILES string of the molecule is CCOc1ccc(C(C)NC(=O)CC2COCCN2)cc1OC.Cl. The van der Waals surface area contributed by atoms with E-state index in [4.69, 9.17) is 14.2 Å². The minimum Gasteiger partial charge on any atom is -0.493 e. The van der Waals surface area contributed by atoms with Crippen LogP contribution in [0, 0.1) is 0 Å². The van der Waals surface area contributed by atoms with Crippen molar-refractivity contribution in [3.05, 3.63) is 23.8 Å². The first-order chi connectivity index (χ1) is 11.1. The van der Waals surface area contributed by atoms with Gasteiger partial charge in [-0.25, -0.2) is 0 Å². The average Bonchev–Trinajstić information content (AvgIpc) is 2.56. The molecule has 1 aromatic rings. The largest absolute Gasteiger partial charge is 0.493 e. The summed E-state index contributed by atoms with van der Waals surface area (Å²) in [5, 5.41) is 6.30. The molecule has 1 saturated heterocycles. The molecular formula is C17H27ClN2O4. The molecule has 7 heteroatoms. The van der Waals surface area contributed by atoms with E-state index in [-0.39, 0.29) is 30.4 Å². The van der Waals surface area contributed by atoms with Crippen LogP contribution < -0.4 is 20.1 Å². The van der Waals surface area contributed by atoms with Crippen LogP contribution in [0.2, 0.25) is 0 Å². The van der Waals surface area contributed by atoms with Crippen molar-refractivity contribution < 1.29 is 19.0 Å². The molecule has 2 unspecified atom stereocenters.